The summed E-state index contributed by atoms with van der Waals surface area (Å²) in [6.07, 6.45) is 1.16. The summed E-state index contributed by atoms with van der Waals surface area (Å²) < 4.78 is 0. The van der Waals surface area contributed by atoms with E-state index in [9.17, 15) is 0 Å². The molecule has 0 unspecified atom stereocenters. The monoisotopic (exact) mass is 346 g/mol. The summed E-state index contributed by atoms with van der Waals surface area (Å²) in [6, 6.07) is 14.3. The molecule has 0 bridgehead atoms. The molecule has 3 rings (SSSR count). The molecule has 0 atom stereocenters. The van der Waals surface area contributed by atoms with Crippen molar-refractivity contribution in [3.8, 4) is 0 Å². The van der Waals surface area contributed by atoms with Gasteiger partial charge in [-0.25, -0.2) is 0 Å². The summed E-state index contributed by atoms with van der Waals surface area (Å²) in [5, 5.41) is 4.85. The van der Waals surface area contributed by atoms with Gasteiger partial charge < -0.3 is 0 Å². The highest BCUT2D eigenvalue weighted by molar-refractivity contribution is 6.91. The molecule has 0 heterocycles. The Morgan fingerprint density at radius 1 is 0.560 bits per heavy atom. The predicted octanol–water partition coefficient (Wildman–Crippen LogP) is 4.86. The van der Waals surface area contributed by atoms with E-state index < -0.39 is 8.80 Å². The first-order chi connectivity index (χ1) is 11.8. The fourth-order valence-electron chi connectivity index (χ4n) is 4.38. The lowest BCUT2D eigenvalue weighted by Gasteiger charge is -2.22. The third-order valence-electron chi connectivity index (χ3n) is 5.64. The van der Waals surface area contributed by atoms with Gasteiger partial charge in [-0.05, 0) is 60.5 Å². The first-order valence-electron chi connectivity index (χ1n) is 9.29. The second kappa shape index (κ2) is 6.80. The first kappa shape index (κ1) is 17.9. The number of hydrogen-bond acceptors (Lipinski definition) is 0. The Hall–Kier alpha value is -1.86. The summed E-state index contributed by atoms with van der Waals surface area (Å²) in [5.74, 6) is 0. The van der Waals surface area contributed by atoms with Crippen LogP contribution in [-0.4, -0.2) is 8.80 Å². The molecule has 0 radical (unpaired) electrons. The Balaban J connectivity index is 2.22. The molecule has 25 heavy (non-hydrogen) atoms. The lowest BCUT2D eigenvalue weighted by molar-refractivity contribution is 1.20. The molecule has 0 N–H and O–H groups in total. The van der Waals surface area contributed by atoms with Crippen molar-refractivity contribution in [2.45, 2.75) is 54.9 Å². The van der Waals surface area contributed by atoms with Gasteiger partial charge in [-0.1, -0.05) is 85.4 Å². The number of hydrogen-bond donors (Lipinski definition) is 0. The number of allylic oxidation sites excluding steroid dienone is 4. The van der Waals surface area contributed by atoms with Gasteiger partial charge in [-0.2, -0.15) is 0 Å². The fourth-order valence-corrected chi connectivity index (χ4v) is 8.45. The second-order valence-electron chi connectivity index (χ2n) is 8.01. The Labute approximate surface area is 154 Å². The van der Waals surface area contributed by atoms with E-state index in [0.717, 1.165) is 6.42 Å². The van der Waals surface area contributed by atoms with Crippen molar-refractivity contribution in [2.75, 3.05) is 0 Å². The van der Waals surface area contributed by atoms with E-state index >= 15 is 0 Å². The van der Waals surface area contributed by atoms with Gasteiger partial charge in [0.1, 0.15) is 8.80 Å². The Morgan fingerprint density at radius 2 is 0.960 bits per heavy atom. The van der Waals surface area contributed by atoms with Crippen molar-refractivity contribution in [1.29, 1.82) is 0 Å². The molecule has 0 saturated carbocycles. The van der Waals surface area contributed by atoms with Crippen LogP contribution in [0.4, 0.5) is 0 Å². The van der Waals surface area contributed by atoms with Crippen LogP contribution in [0.15, 0.2) is 58.3 Å². The van der Waals surface area contributed by atoms with E-state index in [1.807, 2.05) is 0 Å². The van der Waals surface area contributed by atoms with Gasteiger partial charge in [0.15, 0.2) is 0 Å². The molecule has 0 nitrogen and oxygen atoms in total. The van der Waals surface area contributed by atoms with Crippen LogP contribution in [-0.2, 0) is 0 Å². The van der Waals surface area contributed by atoms with E-state index in [0.29, 0.717) is 0 Å². The number of benzene rings is 2. The molecular weight excluding hydrogens is 316 g/mol. The minimum absolute atomic E-state index is 1.16. The summed E-state index contributed by atoms with van der Waals surface area (Å²) >= 11 is 0. The fraction of sp³-hybridized carbons (Fsp3) is 0.333. The third-order valence-corrected chi connectivity index (χ3v) is 8.98. The maximum Gasteiger partial charge on any atom is 0.129 e. The molecule has 2 aromatic carbocycles. The van der Waals surface area contributed by atoms with Gasteiger partial charge in [0.25, 0.3) is 0 Å². The van der Waals surface area contributed by atoms with Crippen molar-refractivity contribution in [3.63, 3.8) is 0 Å². The number of aryl methyl sites for hydroxylation is 4. The maximum atomic E-state index is 2.44. The van der Waals surface area contributed by atoms with Gasteiger partial charge in [0.2, 0.25) is 0 Å². The van der Waals surface area contributed by atoms with E-state index in [1.54, 1.807) is 26.7 Å². The standard InChI is InChI=1S/C24H30Si/c1-15-8-16(2)11-22(10-15)25(23-12-17(3)9-18(4)13-23)24-14-19(5)20(6)21(24)7/h8-13,25H,14H2,1-7H3. The average molecular weight is 347 g/mol. The highest BCUT2D eigenvalue weighted by Gasteiger charge is 2.28. The van der Waals surface area contributed by atoms with Crippen molar-refractivity contribution in [3.05, 3.63) is 80.6 Å². The molecular formula is C24H30Si. The second-order valence-corrected chi connectivity index (χ2v) is 10.9. The topological polar surface area (TPSA) is 0 Å². The zero-order valence-corrected chi connectivity index (χ0v) is 17.9. The largest absolute Gasteiger partial charge is 0.129 e. The minimum Gasteiger partial charge on any atom is -0.0671 e. The first-order valence-corrected chi connectivity index (χ1v) is 11.0. The van der Waals surface area contributed by atoms with Crippen LogP contribution in [0.1, 0.15) is 49.4 Å². The zero-order chi connectivity index (χ0) is 18.3. The molecule has 0 fully saturated rings. The lowest BCUT2D eigenvalue weighted by atomic mass is 10.1. The molecule has 0 amide bonds. The Bertz CT molecular complexity index is 804. The van der Waals surface area contributed by atoms with Crippen molar-refractivity contribution >= 4 is 19.2 Å². The highest BCUT2D eigenvalue weighted by atomic mass is 28.3. The molecule has 0 spiro atoms. The van der Waals surface area contributed by atoms with Crippen LogP contribution in [0.3, 0.4) is 0 Å². The van der Waals surface area contributed by atoms with E-state index in [-0.39, 0.29) is 0 Å². The molecule has 1 heteroatoms. The normalized spacial score (nSPS) is 14.9. The van der Waals surface area contributed by atoms with Crippen LogP contribution in [0.25, 0.3) is 0 Å². The van der Waals surface area contributed by atoms with Crippen molar-refractivity contribution in [1.82, 2.24) is 0 Å². The van der Waals surface area contributed by atoms with Crippen molar-refractivity contribution < 1.29 is 0 Å². The van der Waals surface area contributed by atoms with Gasteiger partial charge in [-0.15, -0.1) is 0 Å². The molecule has 2 aromatic rings. The van der Waals surface area contributed by atoms with Gasteiger partial charge in [0, 0.05) is 0 Å². The summed E-state index contributed by atoms with van der Waals surface area (Å²) in [4.78, 5) is 0. The van der Waals surface area contributed by atoms with Crippen LogP contribution < -0.4 is 10.4 Å². The summed E-state index contributed by atoms with van der Waals surface area (Å²) in [7, 11) is -1.41. The van der Waals surface area contributed by atoms with Gasteiger partial charge in [-0.3, -0.25) is 0 Å². The third kappa shape index (κ3) is 3.57. The van der Waals surface area contributed by atoms with Crippen LogP contribution >= 0.6 is 0 Å². The van der Waals surface area contributed by atoms with Gasteiger partial charge >= 0.3 is 0 Å². The van der Waals surface area contributed by atoms with E-state index in [2.05, 4.69) is 84.9 Å². The zero-order valence-electron chi connectivity index (χ0n) is 16.7. The highest BCUT2D eigenvalue weighted by Crippen LogP contribution is 2.33. The molecule has 1 aliphatic rings. The molecule has 0 aromatic heterocycles. The molecule has 0 aliphatic heterocycles. The molecule has 1 aliphatic carbocycles. The maximum absolute atomic E-state index is 2.44. The minimum atomic E-state index is -1.41. The smallest absolute Gasteiger partial charge is 0.0671 e. The molecule has 130 valence electrons. The van der Waals surface area contributed by atoms with Gasteiger partial charge in [0.05, 0.1) is 0 Å². The number of rotatable bonds is 3. The van der Waals surface area contributed by atoms with Crippen LogP contribution in [0.5, 0.6) is 0 Å². The van der Waals surface area contributed by atoms with Crippen LogP contribution in [0, 0.1) is 27.7 Å². The van der Waals surface area contributed by atoms with E-state index in [1.165, 1.54) is 27.8 Å². The average Bonchev–Trinajstić information content (AvgIpc) is 2.73. The van der Waals surface area contributed by atoms with Crippen molar-refractivity contribution in [2.24, 2.45) is 0 Å². The molecule has 0 saturated heterocycles. The Morgan fingerprint density at radius 3 is 1.28 bits per heavy atom. The summed E-state index contributed by atoms with van der Waals surface area (Å²) in [6.45, 7) is 15.9. The SMILES string of the molecule is CC1=C(C)C(C)=C([SiH](c2cc(C)cc(C)c2)c2cc(C)cc(C)c2)C1. The van der Waals surface area contributed by atoms with E-state index in [4.69, 9.17) is 0 Å². The lowest BCUT2D eigenvalue weighted by Crippen LogP contribution is -2.45. The summed E-state index contributed by atoms with van der Waals surface area (Å²) in [5.41, 5.74) is 10.2. The Kier molecular flexibility index (Phi) is 4.88. The predicted molar refractivity (Wildman–Crippen MR) is 114 cm³/mol. The van der Waals surface area contributed by atoms with Crippen LogP contribution in [0.2, 0.25) is 0 Å². The quantitative estimate of drug-likeness (QED) is 0.696.